The zero-order valence-electron chi connectivity index (χ0n) is 17.0. The molecule has 1 aromatic heterocycles. The number of piperidine rings is 1. The Balaban J connectivity index is 1.29. The van der Waals surface area contributed by atoms with Crippen LogP contribution in [0.25, 0.3) is 0 Å². The Hall–Kier alpha value is -3.61. The van der Waals surface area contributed by atoms with Crippen molar-refractivity contribution in [1.82, 2.24) is 15.3 Å². The average Bonchev–Trinajstić information content (AvgIpc) is 2.77. The number of para-hydroxylation sites is 1. The molecule has 0 atom stereocenters. The van der Waals surface area contributed by atoms with Crippen LogP contribution in [0, 0.1) is 6.92 Å². The van der Waals surface area contributed by atoms with Crippen LogP contribution in [0.3, 0.4) is 0 Å². The lowest BCUT2D eigenvalue weighted by Gasteiger charge is -2.32. The van der Waals surface area contributed by atoms with Crippen molar-refractivity contribution in [2.75, 3.05) is 28.6 Å². The smallest absolute Gasteiger partial charge is 0.319 e. The molecule has 1 aliphatic heterocycles. The highest BCUT2D eigenvalue weighted by atomic mass is 16.2. The summed E-state index contributed by atoms with van der Waals surface area (Å²) in [6.45, 7) is 3.66. The van der Waals surface area contributed by atoms with Crippen LogP contribution in [0.2, 0.25) is 0 Å². The van der Waals surface area contributed by atoms with Crippen LogP contribution in [0.1, 0.15) is 18.4 Å². The average molecular weight is 403 g/mol. The molecule has 2 heterocycles. The van der Waals surface area contributed by atoms with Gasteiger partial charge in [0.1, 0.15) is 5.82 Å². The zero-order valence-corrected chi connectivity index (χ0v) is 17.0. The van der Waals surface area contributed by atoms with Gasteiger partial charge in [0.15, 0.2) is 0 Å². The molecule has 0 radical (unpaired) electrons. The molecule has 154 valence electrons. The number of amides is 2. The third kappa shape index (κ3) is 5.26. The number of aryl methyl sites for hydroxylation is 1. The molecule has 2 amide bonds. The number of carbonyl (C=O) groups is 1. The maximum absolute atomic E-state index is 12.2. The largest absolute Gasteiger partial charge is 0.341 e. The molecule has 1 aliphatic rings. The monoisotopic (exact) mass is 402 g/mol. The predicted octanol–water partition coefficient (Wildman–Crippen LogP) is 4.32. The number of hydrogen-bond donors (Lipinski definition) is 3. The first-order valence-electron chi connectivity index (χ1n) is 10.2. The van der Waals surface area contributed by atoms with E-state index in [1.54, 1.807) is 6.20 Å². The van der Waals surface area contributed by atoms with Crippen molar-refractivity contribution < 1.29 is 4.79 Å². The number of rotatable bonds is 5. The summed E-state index contributed by atoms with van der Waals surface area (Å²) in [7, 11) is 0. The minimum Gasteiger partial charge on any atom is -0.341 e. The summed E-state index contributed by atoms with van der Waals surface area (Å²) in [5.41, 5.74) is 3.01. The van der Waals surface area contributed by atoms with Gasteiger partial charge >= 0.3 is 6.03 Å². The van der Waals surface area contributed by atoms with Crippen molar-refractivity contribution in [1.29, 1.82) is 0 Å². The van der Waals surface area contributed by atoms with Gasteiger partial charge in [-0.3, -0.25) is 0 Å². The van der Waals surface area contributed by atoms with E-state index in [0.717, 1.165) is 43.1 Å². The number of aromatic nitrogens is 2. The second-order valence-electron chi connectivity index (χ2n) is 7.46. The Kier molecular flexibility index (Phi) is 6.08. The van der Waals surface area contributed by atoms with Crippen molar-refractivity contribution in [3.8, 4) is 0 Å². The Labute approximate surface area is 176 Å². The Morgan fingerprint density at radius 2 is 1.70 bits per heavy atom. The summed E-state index contributed by atoms with van der Waals surface area (Å²) >= 11 is 0. The van der Waals surface area contributed by atoms with Gasteiger partial charge < -0.3 is 20.9 Å². The van der Waals surface area contributed by atoms with E-state index < -0.39 is 0 Å². The van der Waals surface area contributed by atoms with Gasteiger partial charge in [-0.1, -0.05) is 35.9 Å². The van der Waals surface area contributed by atoms with Crippen LogP contribution >= 0.6 is 0 Å². The van der Waals surface area contributed by atoms with Crippen LogP contribution in [0.5, 0.6) is 0 Å². The predicted molar refractivity (Wildman–Crippen MR) is 120 cm³/mol. The first-order valence-corrected chi connectivity index (χ1v) is 10.2. The van der Waals surface area contributed by atoms with E-state index in [-0.39, 0.29) is 12.1 Å². The first-order chi connectivity index (χ1) is 14.7. The number of urea groups is 1. The fraction of sp³-hybridized carbons (Fsp3) is 0.261. The molecule has 30 heavy (non-hydrogen) atoms. The van der Waals surface area contributed by atoms with E-state index in [0.29, 0.717) is 5.95 Å². The summed E-state index contributed by atoms with van der Waals surface area (Å²) in [6.07, 6.45) is 3.47. The van der Waals surface area contributed by atoms with Crippen LogP contribution in [-0.2, 0) is 0 Å². The molecule has 0 bridgehead atoms. The topological polar surface area (TPSA) is 82.2 Å². The molecule has 7 heteroatoms. The van der Waals surface area contributed by atoms with E-state index in [9.17, 15) is 4.79 Å². The lowest BCUT2D eigenvalue weighted by Crippen LogP contribution is -2.46. The van der Waals surface area contributed by atoms with Gasteiger partial charge in [-0.2, -0.15) is 4.98 Å². The van der Waals surface area contributed by atoms with Crippen molar-refractivity contribution in [3.63, 3.8) is 0 Å². The quantitative estimate of drug-likeness (QED) is 0.592. The van der Waals surface area contributed by atoms with Gasteiger partial charge in [0.05, 0.1) is 0 Å². The molecule has 4 rings (SSSR count). The number of anilines is 4. The fourth-order valence-electron chi connectivity index (χ4n) is 3.45. The van der Waals surface area contributed by atoms with Gasteiger partial charge in [0.2, 0.25) is 5.95 Å². The Morgan fingerprint density at radius 3 is 2.43 bits per heavy atom. The van der Waals surface area contributed by atoms with Gasteiger partial charge in [0, 0.05) is 36.7 Å². The maximum Gasteiger partial charge on any atom is 0.319 e. The van der Waals surface area contributed by atoms with Crippen LogP contribution in [-0.4, -0.2) is 35.1 Å². The van der Waals surface area contributed by atoms with E-state index in [1.807, 2.05) is 48.5 Å². The maximum atomic E-state index is 12.2. The highest BCUT2D eigenvalue weighted by Gasteiger charge is 2.22. The van der Waals surface area contributed by atoms with Crippen molar-refractivity contribution in [3.05, 3.63) is 72.4 Å². The first kappa shape index (κ1) is 19.7. The SMILES string of the molecule is Cc1ccc(Nc2ccnc(N3CCC(NC(=O)Nc4ccccc4)CC3)n2)cc1. The minimum atomic E-state index is -0.166. The molecule has 0 unspecified atom stereocenters. The van der Waals surface area contributed by atoms with Crippen LogP contribution in [0.4, 0.5) is 27.9 Å². The Bertz CT molecular complexity index is 968. The summed E-state index contributed by atoms with van der Waals surface area (Å²) in [4.78, 5) is 23.5. The summed E-state index contributed by atoms with van der Waals surface area (Å²) in [5.74, 6) is 1.48. The molecular weight excluding hydrogens is 376 g/mol. The lowest BCUT2D eigenvalue weighted by molar-refractivity contribution is 0.246. The van der Waals surface area contributed by atoms with E-state index in [1.165, 1.54) is 5.56 Å². The number of benzene rings is 2. The number of carbonyl (C=O) groups excluding carboxylic acids is 1. The summed E-state index contributed by atoms with van der Waals surface area (Å²) in [5, 5.41) is 9.25. The van der Waals surface area contributed by atoms with Gasteiger partial charge in [-0.05, 0) is 50.1 Å². The third-order valence-corrected chi connectivity index (χ3v) is 5.11. The zero-order chi connectivity index (χ0) is 20.8. The second kappa shape index (κ2) is 9.26. The molecule has 3 N–H and O–H groups in total. The van der Waals surface area contributed by atoms with Gasteiger partial charge in [0.25, 0.3) is 0 Å². The molecule has 1 fully saturated rings. The molecule has 2 aromatic carbocycles. The lowest BCUT2D eigenvalue weighted by atomic mass is 10.1. The van der Waals surface area contributed by atoms with Crippen molar-refractivity contribution >= 4 is 29.2 Å². The van der Waals surface area contributed by atoms with Gasteiger partial charge in [-0.25, -0.2) is 9.78 Å². The molecule has 1 saturated heterocycles. The van der Waals surface area contributed by atoms with Crippen LogP contribution < -0.4 is 20.9 Å². The number of nitrogens with zero attached hydrogens (tertiary/aromatic N) is 3. The molecular formula is C23H26N6O. The molecule has 0 saturated carbocycles. The third-order valence-electron chi connectivity index (χ3n) is 5.11. The minimum absolute atomic E-state index is 0.138. The second-order valence-corrected chi connectivity index (χ2v) is 7.46. The molecule has 0 spiro atoms. The van der Waals surface area contributed by atoms with E-state index >= 15 is 0 Å². The van der Waals surface area contributed by atoms with Gasteiger partial charge in [-0.15, -0.1) is 0 Å². The highest BCUT2D eigenvalue weighted by Crippen LogP contribution is 2.20. The molecule has 3 aromatic rings. The number of hydrogen-bond acceptors (Lipinski definition) is 5. The van der Waals surface area contributed by atoms with Crippen LogP contribution in [0.15, 0.2) is 66.9 Å². The molecule has 0 aliphatic carbocycles. The van der Waals surface area contributed by atoms with E-state index in [4.69, 9.17) is 0 Å². The van der Waals surface area contributed by atoms with Crippen molar-refractivity contribution in [2.24, 2.45) is 0 Å². The normalized spacial score (nSPS) is 14.2. The summed E-state index contributed by atoms with van der Waals surface area (Å²) < 4.78 is 0. The Morgan fingerprint density at radius 1 is 0.967 bits per heavy atom. The summed E-state index contributed by atoms with van der Waals surface area (Å²) in [6, 6.07) is 19.5. The van der Waals surface area contributed by atoms with Crippen molar-refractivity contribution in [2.45, 2.75) is 25.8 Å². The molecule has 7 nitrogen and oxygen atoms in total. The highest BCUT2D eigenvalue weighted by molar-refractivity contribution is 5.89. The fourth-order valence-corrected chi connectivity index (χ4v) is 3.45. The standard InChI is InChI=1S/C23H26N6O/c1-17-7-9-19(10-8-17)25-21-11-14-24-22(28-21)29-15-12-20(13-16-29)27-23(30)26-18-5-3-2-4-6-18/h2-11,14,20H,12-13,15-16H2,1H3,(H,24,25,28)(H2,26,27,30). The van der Waals surface area contributed by atoms with E-state index in [2.05, 4.69) is 49.9 Å². The number of nitrogens with one attached hydrogen (secondary N) is 3.